The van der Waals surface area contributed by atoms with Crippen LogP contribution in [0, 0.1) is 0 Å². The van der Waals surface area contributed by atoms with Crippen LogP contribution in [-0.2, 0) is 6.54 Å². The van der Waals surface area contributed by atoms with Crippen molar-refractivity contribution in [1.82, 2.24) is 4.98 Å². The molecule has 0 spiro atoms. The number of hydrogen-bond donors (Lipinski definition) is 1. The van der Waals surface area contributed by atoms with Gasteiger partial charge in [0.25, 0.3) is 0 Å². The zero-order chi connectivity index (χ0) is 17.6. The number of nitrogens with one attached hydrogen (secondary N) is 1. The van der Waals surface area contributed by atoms with E-state index in [2.05, 4.69) is 10.3 Å². The fourth-order valence-electron chi connectivity index (χ4n) is 2.47. The summed E-state index contributed by atoms with van der Waals surface area (Å²) in [4.78, 5) is 4.35. The molecule has 0 saturated carbocycles. The van der Waals surface area contributed by atoms with E-state index in [0.29, 0.717) is 11.7 Å². The van der Waals surface area contributed by atoms with E-state index in [1.165, 1.54) is 0 Å². The lowest BCUT2D eigenvalue weighted by Crippen LogP contribution is -2.01. The molecule has 4 nitrogen and oxygen atoms in total. The van der Waals surface area contributed by atoms with Gasteiger partial charge in [0.2, 0.25) is 0 Å². The van der Waals surface area contributed by atoms with Gasteiger partial charge < -0.3 is 14.8 Å². The Hall–Kier alpha value is -2.72. The van der Waals surface area contributed by atoms with Gasteiger partial charge in [-0.1, -0.05) is 35.9 Å². The van der Waals surface area contributed by atoms with Crippen LogP contribution in [0.15, 0.2) is 60.7 Å². The third kappa shape index (κ3) is 4.43. The lowest BCUT2D eigenvalue weighted by molar-refractivity contribution is 0.414. The second-order valence-electron chi connectivity index (χ2n) is 5.49. The van der Waals surface area contributed by atoms with E-state index in [9.17, 15) is 0 Å². The van der Waals surface area contributed by atoms with Crippen molar-refractivity contribution in [3.63, 3.8) is 0 Å². The van der Waals surface area contributed by atoms with Crippen LogP contribution in [0.4, 0.5) is 5.82 Å². The number of methoxy groups -OCH3 is 2. The first-order chi connectivity index (χ1) is 12.2. The van der Waals surface area contributed by atoms with Crippen LogP contribution in [0.3, 0.4) is 0 Å². The number of benzene rings is 2. The van der Waals surface area contributed by atoms with Gasteiger partial charge in [-0.2, -0.15) is 0 Å². The van der Waals surface area contributed by atoms with Crippen molar-refractivity contribution in [2.45, 2.75) is 6.54 Å². The van der Waals surface area contributed by atoms with E-state index in [0.717, 1.165) is 34.0 Å². The monoisotopic (exact) mass is 354 g/mol. The summed E-state index contributed by atoms with van der Waals surface area (Å²) in [5.74, 6) is 2.39. The minimum atomic E-state index is 0.450. The van der Waals surface area contributed by atoms with E-state index in [4.69, 9.17) is 21.1 Å². The molecule has 0 aliphatic heterocycles. The van der Waals surface area contributed by atoms with Gasteiger partial charge in [0.05, 0.1) is 14.2 Å². The van der Waals surface area contributed by atoms with E-state index >= 15 is 0 Å². The fraction of sp³-hybridized carbons (Fsp3) is 0.150. The highest BCUT2D eigenvalue weighted by Crippen LogP contribution is 2.27. The van der Waals surface area contributed by atoms with Gasteiger partial charge in [-0.15, -0.1) is 0 Å². The molecule has 2 aromatic carbocycles. The molecule has 0 atom stereocenters. The maximum Gasteiger partial charge on any atom is 0.132 e. The number of aromatic nitrogens is 1. The van der Waals surface area contributed by atoms with Crippen LogP contribution >= 0.6 is 11.6 Å². The average Bonchev–Trinajstić information content (AvgIpc) is 2.66. The minimum Gasteiger partial charge on any atom is -0.497 e. The maximum atomic E-state index is 6.19. The summed E-state index contributed by atoms with van der Waals surface area (Å²) in [5, 5.41) is 3.76. The molecular weight excluding hydrogens is 336 g/mol. The number of nitrogens with zero attached hydrogens (tertiary/aromatic N) is 1. The van der Waals surface area contributed by atoms with Crippen LogP contribution in [0.2, 0.25) is 5.15 Å². The van der Waals surface area contributed by atoms with Gasteiger partial charge in [-0.25, -0.2) is 4.98 Å². The first-order valence-corrected chi connectivity index (χ1v) is 8.24. The number of anilines is 1. The van der Waals surface area contributed by atoms with Gasteiger partial charge in [0.15, 0.2) is 0 Å². The van der Waals surface area contributed by atoms with E-state index < -0.39 is 0 Å². The molecule has 0 aliphatic rings. The topological polar surface area (TPSA) is 43.4 Å². The second kappa shape index (κ2) is 7.90. The van der Waals surface area contributed by atoms with Gasteiger partial charge in [0.1, 0.15) is 22.5 Å². The highest BCUT2D eigenvalue weighted by atomic mass is 35.5. The Labute approximate surface area is 152 Å². The predicted molar refractivity (Wildman–Crippen MR) is 102 cm³/mol. The summed E-state index contributed by atoms with van der Waals surface area (Å²) in [7, 11) is 3.31. The SMILES string of the molecule is COc1ccc(CNc2cc(-c3ccc(OC)cc3)cc(Cl)n2)cc1. The Bertz CT molecular complexity index is 833. The lowest BCUT2D eigenvalue weighted by Gasteiger charge is -2.10. The van der Waals surface area contributed by atoms with Crippen molar-refractivity contribution >= 4 is 17.4 Å². The van der Waals surface area contributed by atoms with Gasteiger partial charge in [0, 0.05) is 6.54 Å². The molecule has 1 heterocycles. The summed E-state index contributed by atoms with van der Waals surface area (Å²) in [6.45, 7) is 0.652. The number of ether oxygens (including phenoxy) is 2. The minimum absolute atomic E-state index is 0.450. The molecule has 3 aromatic rings. The second-order valence-corrected chi connectivity index (χ2v) is 5.88. The molecule has 0 aliphatic carbocycles. The Morgan fingerprint density at radius 2 is 1.44 bits per heavy atom. The van der Waals surface area contributed by atoms with Crippen molar-refractivity contribution in [2.75, 3.05) is 19.5 Å². The smallest absolute Gasteiger partial charge is 0.132 e. The molecule has 1 aromatic heterocycles. The van der Waals surface area contributed by atoms with Crippen molar-refractivity contribution in [1.29, 1.82) is 0 Å². The molecule has 25 heavy (non-hydrogen) atoms. The number of rotatable bonds is 6. The van der Waals surface area contributed by atoms with Crippen LogP contribution in [0.1, 0.15) is 5.56 Å². The van der Waals surface area contributed by atoms with E-state index in [-0.39, 0.29) is 0 Å². The Morgan fingerprint density at radius 3 is 2.04 bits per heavy atom. The summed E-state index contributed by atoms with van der Waals surface area (Å²) in [5.41, 5.74) is 3.19. The first kappa shape index (κ1) is 17.1. The third-order valence-corrected chi connectivity index (χ3v) is 4.04. The Balaban J connectivity index is 1.76. The molecule has 0 amide bonds. The number of pyridine rings is 1. The molecule has 0 fully saturated rings. The highest BCUT2D eigenvalue weighted by molar-refractivity contribution is 6.29. The number of halogens is 1. The molecule has 3 rings (SSSR count). The van der Waals surface area contributed by atoms with Gasteiger partial charge in [-0.3, -0.25) is 0 Å². The average molecular weight is 355 g/mol. The lowest BCUT2D eigenvalue weighted by atomic mass is 10.1. The van der Waals surface area contributed by atoms with Crippen molar-refractivity contribution in [3.8, 4) is 22.6 Å². The molecule has 0 saturated heterocycles. The van der Waals surface area contributed by atoms with Crippen LogP contribution in [0.5, 0.6) is 11.5 Å². The molecule has 128 valence electrons. The molecule has 0 bridgehead atoms. The first-order valence-electron chi connectivity index (χ1n) is 7.87. The largest absolute Gasteiger partial charge is 0.497 e. The fourth-order valence-corrected chi connectivity index (χ4v) is 2.68. The quantitative estimate of drug-likeness (QED) is 0.630. The summed E-state index contributed by atoms with van der Waals surface area (Å²) >= 11 is 6.19. The Morgan fingerprint density at radius 1 is 0.840 bits per heavy atom. The Kier molecular flexibility index (Phi) is 5.41. The maximum absolute atomic E-state index is 6.19. The molecule has 5 heteroatoms. The predicted octanol–water partition coefficient (Wildman–Crippen LogP) is 5.03. The van der Waals surface area contributed by atoms with E-state index in [1.54, 1.807) is 14.2 Å². The zero-order valence-corrected chi connectivity index (χ0v) is 14.9. The van der Waals surface area contributed by atoms with Gasteiger partial charge in [-0.05, 0) is 53.1 Å². The van der Waals surface area contributed by atoms with Crippen LogP contribution < -0.4 is 14.8 Å². The molecule has 0 radical (unpaired) electrons. The standard InChI is InChI=1S/C20H19ClN2O2/c1-24-17-7-3-14(4-8-17)13-22-20-12-16(11-19(21)23-20)15-5-9-18(25-2)10-6-15/h3-12H,13H2,1-2H3,(H,22,23). The zero-order valence-electron chi connectivity index (χ0n) is 14.1. The molecule has 1 N–H and O–H groups in total. The normalized spacial score (nSPS) is 10.4. The van der Waals surface area contributed by atoms with Crippen LogP contribution in [0.25, 0.3) is 11.1 Å². The molecular formula is C20H19ClN2O2. The summed E-state index contributed by atoms with van der Waals surface area (Å²) in [6.07, 6.45) is 0. The van der Waals surface area contributed by atoms with Crippen LogP contribution in [-0.4, -0.2) is 19.2 Å². The van der Waals surface area contributed by atoms with Gasteiger partial charge >= 0.3 is 0 Å². The molecule has 0 unspecified atom stereocenters. The van der Waals surface area contributed by atoms with Crippen molar-refractivity contribution < 1.29 is 9.47 Å². The van der Waals surface area contributed by atoms with Crippen molar-refractivity contribution in [3.05, 3.63) is 71.4 Å². The third-order valence-electron chi connectivity index (χ3n) is 3.85. The highest BCUT2D eigenvalue weighted by Gasteiger charge is 2.05. The number of hydrogen-bond acceptors (Lipinski definition) is 4. The van der Waals surface area contributed by atoms with E-state index in [1.807, 2.05) is 60.7 Å². The van der Waals surface area contributed by atoms with Crippen molar-refractivity contribution in [2.24, 2.45) is 0 Å². The summed E-state index contributed by atoms with van der Waals surface area (Å²) in [6, 6.07) is 19.6. The summed E-state index contributed by atoms with van der Waals surface area (Å²) < 4.78 is 10.4.